The van der Waals surface area contributed by atoms with Crippen molar-refractivity contribution in [2.75, 3.05) is 12.4 Å². The average molecular weight is 371 g/mol. The van der Waals surface area contributed by atoms with Crippen molar-refractivity contribution in [3.8, 4) is 16.9 Å². The number of aromatic nitrogens is 2. The molecule has 0 radical (unpaired) electrons. The quantitative estimate of drug-likeness (QED) is 0.554. The van der Waals surface area contributed by atoms with Crippen molar-refractivity contribution < 1.29 is 4.74 Å². The van der Waals surface area contributed by atoms with Gasteiger partial charge in [0, 0.05) is 17.4 Å². The number of nitrogens with zero attached hydrogens (tertiary/aromatic N) is 2. The fraction of sp³-hybridized carbons (Fsp3) is 0.130. The van der Waals surface area contributed by atoms with E-state index in [1.165, 1.54) is 4.40 Å². The van der Waals surface area contributed by atoms with Gasteiger partial charge in [0.05, 0.1) is 12.7 Å². The Hall–Kier alpha value is -3.60. The molecule has 0 spiro atoms. The summed E-state index contributed by atoms with van der Waals surface area (Å²) in [6.07, 6.45) is 2.29. The van der Waals surface area contributed by atoms with E-state index in [1.807, 2.05) is 43.3 Å². The maximum atomic E-state index is 13.0. The smallest absolute Gasteiger partial charge is 0.263 e. The lowest BCUT2D eigenvalue weighted by molar-refractivity contribution is 0.416. The second kappa shape index (κ2) is 7.56. The summed E-state index contributed by atoms with van der Waals surface area (Å²) < 4.78 is 6.94. The second-order valence-electron chi connectivity index (χ2n) is 6.40. The lowest BCUT2D eigenvalue weighted by Gasteiger charge is -2.15. The maximum absolute atomic E-state index is 13.0. The molecule has 0 bridgehead atoms. The molecule has 5 heteroatoms. The average Bonchev–Trinajstić information content (AvgIpc) is 2.75. The first-order chi connectivity index (χ1) is 13.7. The van der Waals surface area contributed by atoms with Gasteiger partial charge in [-0.1, -0.05) is 55.5 Å². The molecule has 0 atom stereocenters. The SMILES string of the molecule is CCc1c(Nc2ccccc2-c2ccccc2)nc2c(OC)cccn2c1=O. The van der Waals surface area contributed by atoms with E-state index < -0.39 is 0 Å². The third-order valence-corrected chi connectivity index (χ3v) is 4.75. The minimum absolute atomic E-state index is 0.0916. The Kier molecular flexibility index (Phi) is 4.81. The number of ether oxygens (including phenoxy) is 1. The lowest BCUT2D eigenvalue weighted by Crippen LogP contribution is -2.21. The van der Waals surface area contributed by atoms with Crippen LogP contribution in [-0.4, -0.2) is 16.5 Å². The van der Waals surface area contributed by atoms with Crippen LogP contribution in [0.1, 0.15) is 12.5 Å². The number of methoxy groups -OCH3 is 1. The van der Waals surface area contributed by atoms with Crippen LogP contribution in [-0.2, 0) is 6.42 Å². The van der Waals surface area contributed by atoms with Gasteiger partial charge >= 0.3 is 0 Å². The Bertz CT molecular complexity index is 1180. The van der Waals surface area contributed by atoms with Gasteiger partial charge in [0.15, 0.2) is 11.4 Å². The number of para-hydroxylation sites is 1. The summed E-state index contributed by atoms with van der Waals surface area (Å²) in [5, 5.41) is 3.39. The Morgan fingerprint density at radius 2 is 1.75 bits per heavy atom. The highest BCUT2D eigenvalue weighted by Gasteiger charge is 2.15. The molecule has 4 rings (SSSR count). The highest BCUT2D eigenvalue weighted by Crippen LogP contribution is 2.30. The predicted molar refractivity (Wildman–Crippen MR) is 113 cm³/mol. The number of hydrogen-bond donors (Lipinski definition) is 1. The van der Waals surface area contributed by atoms with Gasteiger partial charge < -0.3 is 10.1 Å². The first-order valence-electron chi connectivity index (χ1n) is 9.22. The topological polar surface area (TPSA) is 55.6 Å². The zero-order chi connectivity index (χ0) is 19.5. The highest BCUT2D eigenvalue weighted by molar-refractivity contribution is 5.81. The molecule has 0 aliphatic heterocycles. The second-order valence-corrected chi connectivity index (χ2v) is 6.40. The number of anilines is 2. The van der Waals surface area contributed by atoms with Crippen LogP contribution in [0.5, 0.6) is 5.75 Å². The molecule has 0 aliphatic rings. The van der Waals surface area contributed by atoms with E-state index >= 15 is 0 Å². The third kappa shape index (κ3) is 3.11. The summed E-state index contributed by atoms with van der Waals surface area (Å²) >= 11 is 0. The highest BCUT2D eigenvalue weighted by atomic mass is 16.5. The molecular formula is C23H21N3O2. The molecule has 5 nitrogen and oxygen atoms in total. The zero-order valence-electron chi connectivity index (χ0n) is 15.8. The number of rotatable bonds is 5. The van der Waals surface area contributed by atoms with E-state index in [0.717, 1.165) is 16.8 Å². The van der Waals surface area contributed by atoms with Gasteiger partial charge in [-0.3, -0.25) is 9.20 Å². The van der Waals surface area contributed by atoms with Crippen LogP contribution < -0.4 is 15.6 Å². The Balaban J connectivity index is 1.89. The van der Waals surface area contributed by atoms with Crippen LogP contribution in [0.15, 0.2) is 77.7 Å². The Morgan fingerprint density at radius 1 is 1.00 bits per heavy atom. The Morgan fingerprint density at radius 3 is 2.50 bits per heavy atom. The van der Waals surface area contributed by atoms with Crippen molar-refractivity contribution >= 4 is 17.2 Å². The van der Waals surface area contributed by atoms with Gasteiger partial charge in [-0.05, 0) is 30.2 Å². The molecule has 4 aromatic rings. The molecule has 0 unspecified atom stereocenters. The molecule has 0 amide bonds. The van der Waals surface area contributed by atoms with E-state index in [4.69, 9.17) is 9.72 Å². The number of hydrogen-bond acceptors (Lipinski definition) is 4. The van der Waals surface area contributed by atoms with Crippen molar-refractivity contribution in [2.24, 2.45) is 0 Å². The molecule has 2 aromatic heterocycles. The molecule has 2 heterocycles. The molecule has 0 fully saturated rings. The van der Waals surface area contributed by atoms with Crippen LogP contribution in [0.2, 0.25) is 0 Å². The van der Waals surface area contributed by atoms with Gasteiger partial charge in [-0.2, -0.15) is 0 Å². The minimum atomic E-state index is -0.0916. The van der Waals surface area contributed by atoms with E-state index in [2.05, 4.69) is 23.5 Å². The first-order valence-corrected chi connectivity index (χ1v) is 9.22. The molecule has 0 aliphatic carbocycles. The van der Waals surface area contributed by atoms with E-state index in [0.29, 0.717) is 29.2 Å². The summed E-state index contributed by atoms with van der Waals surface area (Å²) in [7, 11) is 1.58. The summed E-state index contributed by atoms with van der Waals surface area (Å²) in [5.41, 5.74) is 4.08. The Labute approximate surface area is 163 Å². The van der Waals surface area contributed by atoms with Crippen LogP contribution >= 0.6 is 0 Å². The standard InChI is InChI=1S/C23H21N3O2/c1-3-17-21(25-22-20(28-2)14-9-15-26(22)23(17)27)24-19-13-8-7-12-18(19)16-10-5-4-6-11-16/h4-15,24H,3H2,1-2H3. The maximum Gasteiger partial charge on any atom is 0.263 e. The molecular weight excluding hydrogens is 350 g/mol. The normalized spacial score (nSPS) is 10.8. The number of fused-ring (bicyclic) bond motifs is 1. The largest absolute Gasteiger partial charge is 0.493 e. The van der Waals surface area contributed by atoms with Crippen molar-refractivity contribution in [1.29, 1.82) is 0 Å². The minimum Gasteiger partial charge on any atom is -0.493 e. The molecule has 0 saturated carbocycles. The van der Waals surface area contributed by atoms with Gasteiger partial charge in [0.2, 0.25) is 0 Å². The fourth-order valence-electron chi connectivity index (χ4n) is 3.34. The predicted octanol–water partition coefficient (Wildman–Crippen LogP) is 4.68. The lowest BCUT2D eigenvalue weighted by atomic mass is 10.0. The zero-order valence-corrected chi connectivity index (χ0v) is 15.8. The van der Waals surface area contributed by atoms with Gasteiger partial charge in [-0.15, -0.1) is 0 Å². The van der Waals surface area contributed by atoms with Crippen LogP contribution in [0.25, 0.3) is 16.8 Å². The van der Waals surface area contributed by atoms with Crippen molar-refractivity contribution in [3.63, 3.8) is 0 Å². The van der Waals surface area contributed by atoms with E-state index in [1.54, 1.807) is 25.4 Å². The van der Waals surface area contributed by atoms with Crippen molar-refractivity contribution in [3.05, 3.63) is 88.8 Å². The van der Waals surface area contributed by atoms with Crippen LogP contribution in [0, 0.1) is 0 Å². The van der Waals surface area contributed by atoms with Gasteiger partial charge in [0.1, 0.15) is 5.82 Å². The number of benzene rings is 2. The molecule has 28 heavy (non-hydrogen) atoms. The number of nitrogens with one attached hydrogen (secondary N) is 1. The molecule has 0 saturated heterocycles. The third-order valence-electron chi connectivity index (χ3n) is 4.75. The van der Waals surface area contributed by atoms with Crippen LogP contribution in [0.3, 0.4) is 0 Å². The van der Waals surface area contributed by atoms with Crippen LogP contribution in [0.4, 0.5) is 11.5 Å². The summed E-state index contributed by atoms with van der Waals surface area (Å²) in [6.45, 7) is 1.96. The monoisotopic (exact) mass is 371 g/mol. The molecule has 1 N–H and O–H groups in total. The van der Waals surface area contributed by atoms with Gasteiger partial charge in [-0.25, -0.2) is 4.98 Å². The first kappa shape index (κ1) is 17.8. The fourth-order valence-corrected chi connectivity index (χ4v) is 3.34. The summed E-state index contributed by atoms with van der Waals surface area (Å²) in [6, 6.07) is 21.7. The van der Waals surface area contributed by atoms with Crippen molar-refractivity contribution in [2.45, 2.75) is 13.3 Å². The summed E-state index contributed by atoms with van der Waals surface area (Å²) in [5.74, 6) is 1.11. The number of pyridine rings is 1. The molecule has 140 valence electrons. The molecule has 2 aromatic carbocycles. The van der Waals surface area contributed by atoms with E-state index in [-0.39, 0.29) is 5.56 Å². The van der Waals surface area contributed by atoms with Gasteiger partial charge in [0.25, 0.3) is 5.56 Å². The summed E-state index contributed by atoms with van der Waals surface area (Å²) in [4.78, 5) is 17.8. The van der Waals surface area contributed by atoms with E-state index in [9.17, 15) is 4.79 Å². The van der Waals surface area contributed by atoms with Crippen molar-refractivity contribution in [1.82, 2.24) is 9.38 Å².